The Morgan fingerprint density at radius 2 is 1.85 bits per heavy atom. The van der Waals surface area contributed by atoms with E-state index in [4.69, 9.17) is 4.74 Å². The molecule has 0 spiro atoms. The van der Waals surface area contributed by atoms with Crippen molar-refractivity contribution >= 4 is 0 Å². The van der Waals surface area contributed by atoms with Crippen molar-refractivity contribution in [1.29, 1.82) is 0 Å². The molecule has 0 bridgehead atoms. The molecule has 1 unspecified atom stereocenters. The van der Waals surface area contributed by atoms with Gasteiger partial charge >= 0.3 is 0 Å². The lowest BCUT2D eigenvalue weighted by molar-refractivity contribution is 0.266. The first-order valence-corrected chi connectivity index (χ1v) is 8.02. The van der Waals surface area contributed by atoms with Crippen molar-refractivity contribution in [2.24, 2.45) is 5.92 Å². The van der Waals surface area contributed by atoms with Crippen LogP contribution in [0.3, 0.4) is 0 Å². The van der Waals surface area contributed by atoms with E-state index < -0.39 is 0 Å². The summed E-state index contributed by atoms with van der Waals surface area (Å²) in [4.78, 5) is 0. The number of ether oxygens (including phenoxy) is 1. The molecule has 0 radical (unpaired) electrons. The Hall–Kier alpha value is -1.02. The van der Waals surface area contributed by atoms with Gasteiger partial charge in [0.05, 0.1) is 7.11 Å². The normalized spacial score (nSPS) is 19.6. The van der Waals surface area contributed by atoms with Gasteiger partial charge in [-0.25, -0.2) is 0 Å². The number of hydrogen-bond acceptors (Lipinski definition) is 2. The minimum atomic E-state index is 0.335. The second-order valence-electron chi connectivity index (χ2n) is 6.32. The predicted octanol–water partition coefficient (Wildman–Crippen LogP) is 4.62. The maximum Gasteiger partial charge on any atom is 0.123 e. The monoisotopic (exact) mass is 275 g/mol. The highest BCUT2D eigenvalue weighted by Crippen LogP contribution is 2.30. The van der Waals surface area contributed by atoms with Crippen LogP contribution in [0.15, 0.2) is 18.2 Å². The van der Waals surface area contributed by atoms with Gasteiger partial charge < -0.3 is 10.1 Å². The van der Waals surface area contributed by atoms with Gasteiger partial charge in [0, 0.05) is 17.6 Å². The van der Waals surface area contributed by atoms with Crippen molar-refractivity contribution in [3.8, 4) is 5.75 Å². The van der Waals surface area contributed by atoms with Gasteiger partial charge in [-0.3, -0.25) is 0 Å². The van der Waals surface area contributed by atoms with Gasteiger partial charge in [0.2, 0.25) is 0 Å². The molecule has 0 saturated heterocycles. The van der Waals surface area contributed by atoms with Gasteiger partial charge in [-0.15, -0.1) is 0 Å². The fourth-order valence-electron chi connectivity index (χ4n) is 3.45. The van der Waals surface area contributed by atoms with Gasteiger partial charge in [0.1, 0.15) is 5.75 Å². The molecule has 1 aromatic rings. The van der Waals surface area contributed by atoms with E-state index in [-0.39, 0.29) is 0 Å². The standard InChI is InChI=1S/C18H29NO/c1-13-10-11-18(20-4)17(12-13)15(3)19-14(2)16-8-6-5-7-9-16/h10-12,14-16,19H,5-9H2,1-4H3/t14-,15?/m0/s1. The zero-order valence-electron chi connectivity index (χ0n) is 13.4. The van der Waals surface area contributed by atoms with E-state index in [9.17, 15) is 0 Å². The Morgan fingerprint density at radius 3 is 2.50 bits per heavy atom. The van der Waals surface area contributed by atoms with E-state index in [1.807, 2.05) is 0 Å². The lowest BCUT2D eigenvalue weighted by atomic mass is 9.84. The van der Waals surface area contributed by atoms with Crippen LogP contribution in [0.4, 0.5) is 0 Å². The summed E-state index contributed by atoms with van der Waals surface area (Å²) in [5.74, 6) is 1.83. The fraction of sp³-hybridized carbons (Fsp3) is 0.667. The molecule has 0 aliphatic heterocycles. The first-order chi connectivity index (χ1) is 9.61. The SMILES string of the molecule is COc1ccc(C)cc1C(C)N[C@@H](C)C1CCCCC1. The highest BCUT2D eigenvalue weighted by Gasteiger charge is 2.22. The molecule has 112 valence electrons. The maximum atomic E-state index is 5.51. The van der Waals surface area contributed by atoms with Gasteiger partial charge in [0.15, 0.2) is 0 Å². The quantitative estimate of drug-likeness (QED) is 0.846. The predicted molar refractivity (Wildman–Crippen MR) is 85.3 cm³/mol. The molecule has 1 N–H and O–H groups in total. The molecule has 0 aromatic heterocycles. The molecule has 0 heterocycles. The summed E-state index contributed by atoms with van der Waals surface area (Å²) >= 11 is 0. The lowest BCUT2D eigenvalue weighted by Gasteiger charge is -2.31. The smallest absolute Gasteiger partial charge is 0.123 e. The van der Waals surface area contributed by atoms with Crippen LogP contribution in [0.5, 0.6) is 5.75 Å². The largest absolute Gasteiger partial charge is 0.496 e. The zero-order chi connectivity index (χ0) is 14.5. The summed E-state index contributed by atoms with van der Waals surface area (Å²) in [6, 6.07) is 7.34. The summed E-state index contributed by atoms with van der Waals surface area (Å²) in [5, 5.41) is 3.79. The Labute approximate surface area is 123 Å². The van der Waals surface area contributed by atoms with Crippen LogP contribution in [-0.2, 0) is 0 Å². The molecule has 2 nitrogen and oxygen atoms in total. The van der Waals surface area contributed by atoms with Gasteiger partial charge in [-0.05, 0) is 45.6 Å². The minimum Gasteiger partial charge on any atom is -0.496 e. The van der Waals surface area contributed by atoms with Crippen molar-refractivity contribution in [3.63, 3.8) is 0 Å². The molecule has 0 amide bonds. The van der Waals surface area contributed by atoms with Crippen molar-refractivity contribution in [2.75, 3.05) is 7.11 Å². The third-order valence-electron chi connectivity index (χ3n) is 4.72. The summed E-state index contributed by atoms with van der Waals surface area (Å²) in [6.07, 6.45) is 6.99. The third kappa shape index (κ3) is 3.76. The van der Waals surface area contributed by atoms with Crippen molar-refractivity contribution in [2.45, 2.75) is 65.0 Å². The van der Waals surface area contributed by atoms with Crippen LogP contribution < -0.4 is 10.1 Å². The average molecular weight is 275 g/mol. The first kappa shape index (κ1) is 15.4. The molecular weight excluding hydrogens is 246 g/mol. The number of aryl methyl sites for hydroxylation is 1. The Kier molecular flexibility index (Phi) is 5.47. The van der Waals surface area contributed by atoms with E-state index in [1.165, 1.54) is 43.2 Å². The van der Waals surface area contributed by atoms with Crippen LogP contribution in [0, 0.1) is 12.8 Å². The molecule has 1 fully saturated rings. The fourth-order valence-corrected chi connectivity index (χ4v) is 3.45. The van der Waals surface area contributed by atoms with Crippen LogP contribution in [-0.4, -0.2) is 13.2 Å². The van der Waals surface area contributed by atoms with E-state index in [0.29, 0.717) is 12.1 Å². The maximum absolute atomic E-state index is 5.51. The van der Waals surface area contributed by atoms with Crippen molar-refractivity contribution in [1.82, 2.24) is 5.32 Å². The van der Waals surface area contributed by atoms with Crippen LogP contribution >= 0.6 is 0 Å². The van der Waals surface area contributed by atoms with E-state index in [0.717, 1.165) is 11.7 Å². The molecular formula is C18H29NO. The summed E-state index contributed by atoms with van der Waals surface area (Å²) < 4.78 is 5.51. The van der Waals surface area contributed by atoms with Gasteiger partial charge in [-0.1, -0.05) is 37.0 Å². The molecule has 1 aliphatic carbocycles. The third-order valence-corrected chi connectivity index (χ3v) is 4.72. The van der Waals surface area contributed by atoms with Crippen LogP contribution in [0.1, 0.15) is 63.1 Å². The Morgan fingerprint density at radius 1 is 1.15 bits per heavy atom. The highest BCUT2D eigenvalue weighted by atomic mass is 16.5. The van der Waals surface area contributed by atoms with Crippen molar-refractivity contribution in [3.05, 3.63) is 29.3 Å². The first-order valence-electron chi connectivity index (χ1n) is 8.02. The zero-order valence-corrected chi connectivity index (χ0v) is 13.4. The van der Waals surface area contributed by atoms with E-state index in [1.54, 1.807) is 7.11 Å². The topological polar surface area (TPSA) is 21.3 Å². The lowest BCUT2D eigenvalue weighted by Crippen LogP contribution is -2.36. The summed E-state index contributed by atoms with van der Waals surface area (Å²) in [7, 11) is 1.76. The van der Waals surface area contributed by atoms with Crippen molar-refractivity contribution < 1.29 is 4.74 Å². The number of methoxy groups -OCH3 is 1. The number of rotatable bonds is 5. The van der Waals surface area contributed by atoms with E-state index in [2.05, 4.69) is 44.3 Å². The molecule has 1 aliphatic rings. The Bertz CT molecular complexity index is 423. The molecule has 1 aromatic carbocycles. The summed E-state index contributed by atoms with van der Waals surface area (Å²) in [5.41, 5.74) is 2.56. The number of hydrogen-bond donors (Lipinski definition) is 1. The molecule has 2 heteroatoms. The van der Waals surface area contributed by atoms with E-state index >= 15 is 0 Å². The van der Waals surface area contributed by atoms with Gasteiger partial charge in [-0.2, -0.15) is 0 Å². The van der Waals surface area contributed by atoms with Crippen LogP contribution in [0.2, 0.25) is 0 Å². The highest BCUT2D eigenvalue weighted by molar-refractivity contribution is 5.38. The molecule has 2 atom stereocenters. The van der Waals surface area contributed by atoms with Gasteiger partial charge in [0.25, 0.3) is 0 Å². The second kappa shape index (κ2) is 7.12. The summed E-state index contributed by atoms with van der Waals surface area (Å²) in [6.45, 7) is 6.73. The average Bonchev–Trinajstić information content (AvgIpc) is 2.48. The number of benzene rings is 1. The Balaban J connectivity index is 2.03. The van der Waals surface area contributed by atoms with Crippen LogP contribution in [0.25, 0.3) is 0 Å². The number of nitrogens with one attached hydrogen (secondary N) is 1. The second-order valence-corrected chi connectivity index (χ2v) is 6.32. The molecule has 20 heavy (non-hydrogen) atoms. The molecule has 1 saturated carbocycles. The molecule has 2 rings (SSSR count). The minimum absolute atomic E-state index is 0.335.